The molecule has 1 unspecified atom stereocenters. The molecule has 0 radical (unpaired) electrons. The maximum atomic E-state index is 12.6. The van der Waals surface area contributed by atoms with Crippen LogP contribution < -0.4 is 0 Å². The van der Waals surface area contributed by atoms with E-state index in [9.17, 15) is 15.0 Å². The summed E-state index contributed by atoms with van der Waals surface area (Å²) in [4.78, 5) is 12.6. The summed E-state index contributed by atoms with van der Waals surface area (Å²) in [6, 6.07) is 0. The van der Waals surface area contributed by atoms with Crippen molar-refractivity contribution in [3.05, 3.63) is 11.1 Å². The quantitative estimate of drug-likeness (QED) is 0.376. The van der Waals surface area contributed by atoms with Crippen molar-refractivity contribution in [1.29, 1.82) is 0 Å². The smallest absolute Gasteiger partial charge is 0.345 e. The maximum absolute atomic E-state index is 12.6. The molecule has 0 aromatic carbocycles. The molecule has 146 valence electrons. The first-order valence-corrected chi connectivity index (χ1v) is 9.99. The van der Waals surface area contributed by atoms with E-state index in [2.05, 4.69) is 6.92 Å². The first-order chi connectivity index (χ1) is 12.8. The molecule has 7 nitrogen and oxygen atoms in total. The Kier molecular flexibility index (Phi) is 2.35. The minimum Gasteiger partial charge on any atom is -0.467 e. The number of carbonyl (C=O) groups excluding carboxylic acids is 1. The maximum Gasteiger partial charge on any atom is 0.345 e. The van der Waals surface area contributed by atoms with Crippen molar-refractivity contribution >= 4 is 5.97 Å². The highest BCUT2D eigenvalue weighted by Gasteiger charge is 2.92. The van der Waals surface area contributed by atoms with Crippen molar-refractivity contribution in [2.45, 2.75) is 67.9 Å². The monoisotopic (exact) mass is 376 g/mol. The zero-order valence-electron chi connectivity index (χ0n) is 15.6. The third-order valence-corrected chi connectivity index (χ3v) is 9.60. The van der Waals surface area contributed by atoms with Crippen LogP contribution in [-0.4, -0.2) is 71.1 Å². The Hall–Kier alpha value is -0.990. The van der Waals surface area contributed by atoms with E-state index in [1.807, 2.05) is 0 Å². The van der Waals surface area contributed by atoms with E-state index in [1.165, 1.54) is 7.11 Å². The second-order valence-corrected chi connectivity index (χ2v) is 9.82. The molecule has 0 amide bonds. The molecule has 3 saturated carbocycles. The molecule has 4 aliphatic carbocycles. The Morgan fingerprint density at radius 3 is 2.78 bits per heavy atom. The first kappa shape index (κ1) is 15.9. The highest BCUT2D eigenvalue weighted by atomic mass is 16.7. The fourth-order valence-electron chi connectivity index (χ4n) is 8.46. The number of epoxide rings is 1. The SMILES string of the molecule is COC(=O)[C@@]1(O)C(C)=C2[C@@H]3O[C@H]4C(C)[C@]56CC[C@@]7(O[C@@H]17)[C@@]2(O)[C@@H]5[C@H]3[C@H]4OC6. The molecule has 11 atom stereocenters. The van der Waals surface area contributed by atoms with Crippen LogP contribution in [0.2, 0.25) is 0 Å². The van der Waals surface area contributed by atoms with Gasteiger partial charge in [0.05, 0.1) is 32.0 Å². The predicted octanol–water partition coefficient (Wildman–Crippen LogP) is -0.0686. The average Bonchev–Trinajstić information content (AvgIpc) is 3.23. The van der Waals surface area contributed by atoms with Gasteiger partial charge in [0.15, 0.2) is 0 Å². The van der Waals surface area contributed by atoms with E-state index in [0.29, 0.717) is 30.1 Å². The van der Waals surface area contributed by atoms with Crippen LogP contribution in [-0.2, 0) is 23.7 Å². The molecule has 7 fully saturated rings. The van der Waals surface area contributed by atoms with Gasteiger partial charge < -0.3 is 29.2 Å². The van der Waals surface area contributed by atoms with Crippen LogP contribution in [0.1, 0.15) is 26.7 Å². The van der Waals surface area contributed by atoms with E-state index in [0.717, 1.165) is 6.42 Å². The van der Waals surface area contributed by atoms with Gasteiger partial charge in [-0.25, -0.2) is 4.79 Å². The van der Waals surface area contributed by atoms with Gasteiger partial charge in [0.25, 0.3) is 0 Å². The standard InChI is InChI=1S/C20H24O7/c1-7-10-12-9-13-11(26-12)8(2)17(6-25-13)4-5-18(20(10,23)14(9)17)15(27-18)19(7,22)16(21)24-3/h8-9,11-15,22-23H,4-6H2,1-3H3/t8?,9-,11+,12-,13-,14-,15-,17-,18+,19-,20+/m1/s1. The minimum atomic E-state index is -1.87. The predicted molar refractivity (Wildman–Crippen MR) is 88.4 cm³/mol. The fourth-order valence-corrected chi connectivity index (χ4v) is 8.46. The summed E-state index contributed by atoms with van der Waals surface area (Å²) in [5.41, 5.74) is -3.05. The van der Waals surface area contributed by atoms with Crippen LogP contribution in [0.3, 0.4) is 0 Å². The molecule has 4 saturated heterocycles. The Bertz CT molecular complexity index is 853. The lowest BCUT2D eigenvalue weighted by atomic mass is 9.44. The van der Waals surface area contributed by atoms with Gasteiger partial charge in [-0.2, -0.15) is 0 Å². The van der Waals surface area contributed by atoms with Crippen LogP contribution in [0.15, 0.2) is 11.1 Å². The Labute approximate surface area is 156 Å². The largest absolute Gasteiger partial charge is 0.467 e. The molecule has 4 aliphatic heterocycles. The van der Waals surface area contributed by atoms with Gasteiger partial charge in [0, 0.05) is 17.3 Å². The summed E-state index contributed by atoms with van der Waals surface area (Å²) in [7, 11) is 1.27. The van der Waals surface area contributed by atoms with Crippen LogP contribution >= 0.6 is 0 Å². The fraction of sp³-hybridized carbons (Fsp3) is 0.850. The molecule has 0 aromatic heterocycles. The highest BCUT2D eigenvalue weighted by molar-refractivity contribution is 5.87. The van der Waals surface area contributed by atoms with Gasteiger partial charge >= 0.3 is 5.97 Å². The van der Waals surface area contributed by atoms with E-state index in [-0.39, 0.29) is 35.6 Å². The lowest BCUT2D eigenvalue weighted by molar-refractivity contribution is -0.281. The zero-order valence-corrected chi connectivity index (χ0v) is 15.6. The molecule has 0 aromatic rings. The summed E-state index contributed by atoms with van der Waals surface area (Å²) in [6.45, 7) is 4.60. The van der Waals surface area contributed by atoms with Crippen molar-refractivity contribution in [1.82, 2.24) is 0 Å². The topological polar surface area (TPSA) is 97.8 Å². The molecule has 7 heteroatoms. The average molecular weight is 376 g/mol. The van der Waals surface area contributed by atoms with E-state index >= 15 is 0 Å². The van der Waals surface area contributed by atoms with Crippen LogP contribution in [0.25, 0.3) is 0 Å². The molecule has 4 bridgehead atoms. The molecule has 27 heavy (non-hydrogen) atoms. The Balaban J connectivity index is 1.55. The lowest BCUT2D eigenvalue weighted by Gasteiger charge is -2.65. The third-order valence-electron chi connectivity index (χ3n) is 9.60. The van der Waals surface area contributed by atoms with Crippen LogP contribution in [0.4, 0.5) is 0 Å². The molecule has 8 aliphatic rings. The number of aliphatic hydroxyl groups is 2. The summed E-state index contributed by atoms with van der Waals surface area (Å²) in [5.74, 6) is -0.384. The van der Waals surface area contributed by atoms with Crippen molar-refractivity contribution in [2.24, 2.45) is 23.2 Å². The van der Waals surface area contributed by atoms with Crippen molar-refractivity contribution < 1.29 is 34.0 Å². The van der Waals surface area contributed by atoms with E-state index in [1.54, 1.807) is 6.92 Å². The lowest BCUT2D eigenvalue weighted by Crippen LogP contribution is -2.74. The Morgan fingerprint density at radius 2 is 2.04 bits per heavy atom. The summed E-state index contributed by atoms with van der Waals surface area (Å²) >= 11 is 0. The number of rotatable bonds is 1. The van der Waals surface area contributed by atoms with Gasteiger partial charge in [-0.3, -0.25) is 0 Å². The second-order valence-electron chi connectivity index (χ2n) is 9.82. The van der Waals surface area contributed by atoms with Gasteiger partial charge in [0.2, 0.25) is 5.60 Å². The molecule has 4 heterocycles. The molecule has 2 spiro atoms. The van der Waals surface area contributed by atoms with Gasteiger partial charge in [-0.1, -0.05) is 6.92 Å². The molecule has 8 rings (SSSR count). The van der Waals surface area contributed by atoms with Crippen LogP contribution in [0, 0.1) is 23.2 Å². The third kappa shape index (κ3) is 1.18. The number of esters is 1. The number of carbonyl (C=O) groups is 1. The van der Waals surface area contributed by atoms with Gasteiger partial charge in [-0.15, -0.1) is 0 Å². The number of fused-ring (bicyclic) bond motifs is 2. The number of ether oxygens (including phenoxy) is 4. The molecular weight excluding hydrogens is 352 g/mol. The summed E-state index contributed by atoms with van der Waals surface area (Å²) in [5, 5.41) is 23.7. The van der Waals surface area contributed by atoms with E-state index in [4.69, 9.17) is 18.9 Å². The first-order valence-electron chi connectivity index (χ1n) is 9.99. The summed E-state index contributed by atoms with van der Waals surface area (Å²) < 4.78 is 23.7. The van der Waals surface area contributed by atoms with Crippen LogP contribution in [0.5, 0.6) is 0 Å². The highest BCUT2D eigenvalue weighted by Crippen LogP contribution is 2.80. The summed E-state index contributed by atoms with van der Waals surface area (Å²) in [6.07, 6.45) is 0.312. The normalized spacial score (nSPS) is 66.0. The van der Waals surface area contributed by atoms with Crippen molar-refractivity contribution in [3.8, 4) is 0 Å². The van der Waals surface area contributed by atoms with Crippen molar-refractivity contribution in [3.63, 3.8) is 0 Å². The Morgan fingerprint density at radius 1 is 1.26 bits per heavy atom. The van der Waals surface area contributed by atoms with E-state index < -0.39 is 28.9 Å². The minimum absolute atomic E-state index is 0.00737. The number of methoxy groups -OCH3 is 1. The second kappa shape index (κ2) is 4.00. The molecule has 2 N–H and O–H groups in total. The van der Waals surface area contributed by atoms with Crippen molar-refractivity contribution in [2.75, 3.05) is 13.7 Å². The number of hydrogen-bond acceptors (Lipinski definition) is 7. The van der Waals surface area contributed by atoms with Gasteiger partial charge in [0.1, 0.15) is 17.3 Å². The molecular formula is C20H24O7. The number of hydrogen-bond donors (Lipinski definition) is 2. The zero-order chi connectivity index (χ0) is 18.7. The van der Waals surface area contributed by atoms with Gasteiger partial charge in [-0.05, 0) is 36.8 Å².